The molecular formula is C11H11ClN2. The Morgan fingerprint density at radius 2 is 2.29 bits per heavy atom. The Kier molecular flexibility index (Phi) is 1.64. The van der Waals surface area contributed by atoms with Crippen molar-refractivity contribution in [2.24, 2.45) is 5.73 Å². The Labute approximate surface area is 87.3 Å². The number of nitrogens with two attached hydrogens (primary N) is 1. The van der Waals surface area contributed by atoms with E-state index in [9.17, 15) is 0 Å². The molecule has 2 aromatic rings. The van der Waals surface area contributed by atoms with Gasteiger partial charge in [-0.05, 0) is 31.0 Å². The molecule has 0 aliphatic carbocycles. The van der Waals surface area contributed by atoms with Crippen molar-refractivity contribution in [2.45, 2.75) is 19.0 Å². The highest BCUT2D eigenvalue weighted by molar-refractivity contribution is 6.35. The summed E-state index contributed by atoms with van der Waals surface area (Å²) in [5, 5.41) is 1.94. The molecule has 14 heavy (non-hydrogen) atoms. The highest BCUT2D eigenvalue weighted by atomic mass is 35.5. The molecule has 0 saturated carbocycles. The molecule has 1 aliphatic rings. The van der Waals surface area contributed by atoms with Crippen LogP contribution in [-0.2, 0) is 6.42 Å². The summed E-state index contributed by atoms with van der Waals surface area (Å²) < 4.78 is 2.20. The van der Waals surface area contributed by atoms with Gasteiger partial charge in [-0.25, -0.2) is 0 Å². The topological polar surface area (TPSA) is 30.9 Å². The minimum atomic E-state index is 0.126. The number of hydrogen-bond acceptors (Lipinski definition) is 1. The lowest BCUT2D eigenvalue weighted by Crippen LogP contribution is -2.13. The summed E-state index contributed by atoms with van der Waals surface area (Å²) in [6, 6.07) is 8.13. The van der Waals surface area contributed by atoms with Crippen molar-refractivity contribution in [1.82, 2.24) is 4.57 Å². The molecule has 1 aromatic heterocycles. The van der Waals surface area contributed by atoms with Gasteiger partial charge < -0.3 is 10.3 Å². The molecule has 3 heteroatoms. The van der Waals surface area contributed by atoms with Crippen molar-refractivity contribution < 1.29 is 0 Å². The van der Waals surface area contributed by atoms with E-state index in [-0.39, 0.29) is 6.17 Å². The summed E-state index contributed by atoms with van der Waals surface area (Å²) in [6.07, 6.45) is 2.23. The molecule has 1 atom stereocenters. The lowest BCUT2D eigenvalue weighted by molar-refractivity contribution is 0.567. The van der Waals surface area contributed by atoms with Crippen LogP contribution in [0.15, 0.2) is 24.3 Å². The Balaban J connectivity index is 2.41. The van der Waals surface area contributed by atoms with Gasteiger partial charge in [0.2, 0.25) is 0 Å². The lowest BCUT2D eigenvalue weighted by Gasteiger charge is -2.08. The summed E-state index contributed by atoms with van der Waals surface area (Å²) in [5.74, 6) is 0. The number of nitrogens with zero attached hydrogens (tertiary/aromatic N) is 1. The predicted octanol–water partition coefficient (Wildman–Crippen LogP) is 2.70. The number of aryl methyl sites for hydroxylation is 1. The van der Waals surface area contributed by atoms with Crippen LogP contribution in [0.5, 0.6) is 0 Å². The molecule has 1 aliphatic heterocycles. The van der Waals surface area contributed by atoms with E-state index in [1.807, 2.05) is 12.1 Å². The maximum absolute atomic E-state index is 6.12. The first kappa shape index (κ1) is 8.33. The number of hydrogen-bond donors (Lipinski definition) is 1. The molecule has 0 amide bonds. The van der Waals surface area contributed by atoms with E-state index in [1.54, 1.807) is 0 Å². The van der Waals surface area contributed by atoms with Gasteiger partial charge in [0, 0.05) is 16.1 Å². The second kappa shape index (κ2) is 2.75. The summed E-state index contributed by atoms with van der Waals surface area (Å²) in [5.41, 5.74) is 8.50. The quantitative estimate of drug-likeness (QED) is 0.706. The second-order valence-electron chi connectivity index (χ2n) is 3.78. The van der Waals surface area contributed by atoms with Gasteiger partial charge in [-0.2, -0.15) is 0 Å². The fourth-order valence-electron chi connectivity index (χ4n) is 2.28. The summed E-state index contributed by atoms with van der Waals surface area (Å²) >= 11 is 6.12. The lowest BCUT2D eigenvalue weighted by atomic mass is 10.2. The highest BCUT2D eigenvalue weighted by Crippen LogP contribution is 2.33. The van der Waals surface area contributed by atoms with Gasteiger partial charge in [-0.15, -0.1) is 0 Å². The molecule has 72 valence electrons. The summed E-state index contributed by atoms with van der Waals surface area (Å²) in [7, 11) is 0. The van der Waals surface area contributed by atoms with E-state index in [4.69, 9.17) is 17.3 Å². The van der Waals surface area contributed by atoms with Crippen LogP contribution in [0.2, 0.25) is 5.02 Å². The monoisotopic (exact) mass is 206 g/mol. The number of fused-ring (bicyclic) bond motifs is 3. The van der Waals surface area contributed by atoms with E-state index < -0.39 is 0 Å². The molecule has 0 saturated heterocycles. The minimum Gasteiger partial charge on any atom is -0.329 e. The molecule has 2 N–H and O–H groups in total. The molecule has 2 nitrogen and oxygen atoms in total. The maximum Gasteiger partial charge on any atom is 0.0821 e. The van der Waals surface area contributed by atoms with Gasteiger partial charge in [0.05, 0.1) is 11.7 Å². The van der Waals surface area contributed by atoms with Gasteiger partial charge >= 0.3 is 0 Å². The van der Waals surface area contributed by atoms with Crippen molar-refractivity contribution >= 4 is 22.5 Å². The predicted molar refractivity (Wildman–Crippen MR) is 58.5 cm³/mol. The molecule has 3 rings (SSSR count). The maximum atomic E-state index is 6.12. The van der Waals surface area contributed by atoms with Crippen LogP contribution in [0.1, 0.15) is 18.3 Å². The van der Waals surface area contributed by atoms with Crippen LogP contribution >= 0.6 is 11.6 Å². The van der Waals surface area contributed by atoms with Crippen LogP contribution in [0, 0.1) is 0 Å². The van der Waals surface area contributed by atoms with Crippen LogP contribution in [0.4, 0.5) is 0 Å². The molecule has 0 bridgehead atoms. The van der Waals surface area contributed by atoms with Crippen LogP contribution in [0.25, 0.3) is 10.9 Å². The van der Waals surface area contributed by atoms with Crippen molar-refractivity contribution in [3.63, 3.8) is 0 Å². The van der Waals surface area contributed by atoms with Crippen molar-refractivity contribution in [2.75, 3.05) is 0 Å². The fourth-order valence-corrected chi connectivity index (χ4v) is 2.50. The summed E-state index contributed by atoms with van der Waals surface area (Å²) in [4.78, 5) is 0. The Morgan fingerprint density at radius 1 is 1.43 bits per heavy atom. The number of halogens is 1. The summed E-state index contributed by atoms with van der Waals surface area (Å²) in [6.45, 7) is 0. The average Bonchev–Trinajstić information content (AvgIpc) is 2.68. The van der Waals surface area contributed by atoms with Gasteiger partial charge in [0.25, 0.3) is 0 Å². The van der Waals surface area contributed by atoms with E-state index >= 15 is 0 Å². The van der Waals surface area contributed by atoms with Crippen molar-refractivity contribution in [3.05, 3.63) is 35.0 Å². The fraction of sp³-hybridized carbons (Fsp3) is 0.273. The Bertz CT molecular complexity index is 501. The van der Waals surface area contributed by atoms with E-state index in [0.717, 1.165) is 28.8 Å². The van der Waals surface area contributed by atoms with Crippen molar-refractivity contribution in [3.8, 4) is 0 Å². The normalized spacial score (nSPS) is 20.3. The third-order valence-electron chi connectivity index (χ3n) is 2.94. The van der Waals surface area contributed by atoms with E-state index in [0.29, 0.717) is 0 Å². The van der Waals surface area contributed by atoms with Crippen LogP contribution < -0.4 is 5.73 Å². The molecule has 0 fully saturated rings. The van der Waals surface area contributed by atoms with Gasteiger partial charge in [-0.3, -0.25) is 0 Å². The molecule has 1 unspecified atom stereocenters. The molecule has 2 heterocycles. The second-order valence-corrected chi connectivity index (χ2v) is 4.19. The first-order valence-electron chi connectivity index (χ1n) is 4.81. The zero-order valence-electron chi connectivity index (χ0n) is 7.70. The largest absolute Gasteiger partial charge is 0.329 e. The minimum absolute atomic E-state index is 0.126. The molecule has 1 aromatic carbocycles. The van der Waals surface area contributed by atoms with Crippen LogP contribution in [0.3, 0.4) is 0 Å². The number of benzene rings is 1. The molecule has 0 spiro atoms. The number of aromatic nitrogens is 1. The Morgan fingerprint density at radius 3 is 3.14 bits per heavy atom. The first-order valence-corrected chi connectivity index (χ1v) is 5.19. The molecule has 0 radical (unpaired) electrons. The van der Waals surface area contributed by atoms with Crippen LogP contribution in [-0.4, -0.2) is 4.57 Å². The van der Waals surface area contributed by atoms with E-state index in [1.165, 1.54) is 5.69 Å². The highest BCUT2D eigenvalue weighted by Gasteiger charge is 2.21. The third kappa shape index (κ3) is 0.954. The molecular weight excluding hydrogens is 196 g/mol. The standard InChI is InChI=1S/C11H11ClN2/c12-9-2-1-3-10-8(9)6-7-4-5-11(13)14(7)10/h1-3,6,11H,4-5,13H2. The number of rotatable bonds is 0. The van der Waals surface area contributed by atoms with Gasteiger partial charge in [0.15, 0.2) is 0 Å². The first-order chi connectivity index (χ1) is 6.77. The van der Waals surface area contributed by atoms with Gasteiger partial charge in [-0.1, -0.05) is 17.7 Å². The average molecular weight is 207 g/mol. The third-order valence-corrected chi connectivity index (χ3v) is 3.27. The van der Waals surface area contributed by atoms with E-state index in [2.05, 4.69) is 16.7 Å². The SMILES string of the molecule is NC1CCc2cc3c(Cl)cccc3n21. The smallest absolute Gasteiger partial charge is 0.0821 e. The zero-order valence-corrected chi connectivity index (χ0v) is 8.46. The zero-order chi connectivity index (χ0) is 9.71. The van der Waals surface area contributed by atoms with Gasteiger partial charge in [0.1, 0.15) is 0 Å². The Hall–Kier alpha value is -0.990. The van der Waals surface area contributed by atoms with Crippen molar-refractivity contribution in [1.29, 1.82) is 0 Å².